The number of hydrogen-bond donors (Lipinski definition) is 2. The molecule has 0 amide bonds. The van der Waals surface area contributed by atoms with E-state index in [-0.39, 0.29) is 5.82 Å². The molecule has 0 bridgehead atoms. The third kappa shape index (κ3) is 3.72. The van der Waals surface area contributed by atoms with Crippen LogP contribution in [0.2, 0.25) is 0 Å². The summed E-state index contributed by atoms with van der Waals surface area (Å²) in [5, 5.41) is 9.05. The van der Waals surface area contributed by atoms with Crippen LogP contribution >= 0.6 is 11.8 Å². The van der Waals surface area contributed by atoms with E-state index in [2.05, 4.69) is 15.0 Å². The topological polar surface area (TPSA) is 116 Å². The molecule has 26 heavy (non-hydrogen) atoms. The smallest absolute Gasteiger partial charge is 0.316 e. The highest BCUT2D eigenvalue weighted by molar-refractivity contribution is 8.00. The van der Waals surface area contributed by atoms with Crippen LogP contribution in [-0.2, 0) is 11.3 Å². The molecular weight excluding hydrogens is 354 g/mol. The van der Waals surface area contributed by atoms with E-state index in [0.29, 0.717) is 29.5 Å². The SMILES string of the molecule is Cc1ccccc1OCCn1c(S[C@@H](C)C(=O)O)nc2c(N)ncnc21. The molecule has 3 N–H and O–H groups in total. The Labute approximate surface area is 154 Å². The molecule has 136 valence electrons. The number of fused-ring (bicyclic) bond motifs is 1. The molecule has 0 saturated heterocycles. The molecule has 0 radical (unpaired) electrons. The second-order valence-electron chi connectivity index (χ2n) is 5.69. The van der Waals surface area contributed by atoms with Crippen LogP contribution in [0, 0.1) is 6.92 Å². The van der Waals surface area contributed by atoms with E-state index < -0.39 is 11.2 Å². The molecule has 0 spiro atoms. The number of benzene rings is 1. The van der Waals surface area contributed by atoms with Crippen molar-refractivity contribution in [3.8, 4) is 5.75 Å². The van der Waals surface area contributed by atoms with Gasteiger partial charge >= 0.3 is 5.97 Å². The Bertz CT molecular complexity index is 943. The number of anilines is 1. The molecule has 0 fully saturated rings. The van der Waals surface area contributed by atoms with Gasteiger partial charge in [-0.15, -0.1) is 0 Å². The number of thioether (sulfide) groups is 1. The highest BCUT2D eigenvalue weighted by Crippen LogP contribution is 2.28. The first kappa shape index (κ1) is 18.0. The van der Waals surface area contributed by atoms with Crippen molar-refractivity contribution in [2.24, 2.45) is 0 Å². The zero-order valence-electron chi connectivity index (χ0n) is 14.4. The minimum absolute atomic E-state index is 0.262. The van der Waals surface area contributed by atoms with Crippen molar-refractivity contribution in [2.75, 3.05) is 12.3 Å². The fraction of sp³-hybridized carbons (Fsp3) is 0.294. The Morgan fingerprint density at radius 2 is 2.15 bits per heavy atom. The van der Waals surface area contributed by atoms with Crippen LogP contribution < -0.4 is 10.5 Å². The number of carboxylic acids is 1. The number of carboxylic acid groups (broad SMARTS) is 1. The van der Waals surface area contributed by atoms with Crippen LogP contribution in [0.3, 0.4) is 0 Å². The number of ether oxygens (including phenoxy) is 1. The van der Waals surface area contributed by atoms with Crippen LogP contribution in [-0.4, -0.2) is 42.5 Å². The van der Waals surface area contributed by atoms with Crippen LogP contribution in [0.15, 0.2) is 35.7 Å². The Morgan fingerprint density at radius 1 is 1.38 bits per heavy atom. The van der Waals surface area contributed by atoms with Gasteiger partial charge in [-0.05, 0) is 25.5 Å². The minimum atomic E-state index is -0.913. The lowest BCUT2D eigenvalue weighted by molar-refractivity contribution is -0.136. The van der Waals surface area contributed by atoms with Crippen molar-refractivity contribution in [1.82, 2.24) is 19.5 Å². The molecule has 0 aliphatic rings. The fourth-order valence-electron chi connectivity index (χ4n) is 2.40. The van der Waals surface area contributed by atoms with Gasteiger partial charge < -0.3 is 20.1 Å². The highest BCUT2D eigenvalue weighted by Gasteiger charge is 2.20. The summed E-state index contributed by atoms with van der Waals surface area (Å²) in [6, 6.07) is 7.75. The lowest BCUT2D eigenvalue weighted by atomic mass is 10.2. The number of nitrogen functional groups attached to an aromatic ring is 1. The summed E-state index contributed by atoms with van der Waals surface area (Å²) in [5.74, 6) is 0.154. The molecule has 1 aromatic carbocycles. The molecule has 1 atom stereocenters. The Morgan fingerprint density at radius 3 is 2.88 bits per heavy atom. The summed E-state index contributed by atoms with van der Waals surface area (Å²) in [6.45, 7) is 4.42. The monoisotopic (exact) mass is 373 g/mol. The first-order valence-corrected chi connectivity index (χ1v) is 8.90. The van der Waals surface area contributed by atoms with Crippen molar-refractivity contribution in [3.63, 3.8) is 0 Å². The van der Waals surface area contributed by atoms with Gasteiger partial charge in [-0.1, -0.05) is 30.0 Å². The minimum Gasteiger partial charge on any atom is -0.491 e. The number of aliphatic carboxylic acids is 1. The maximum Gasteiger partial charge on any atom is 0.316 e. The van der Waals surface area contributed by atoms with Gasteiger partial charge in [-0.3, -0.25) is 4.79 Å². The Balaban J connectivity index is 1.86. The van der Waals surface area contributed by atoms with Gasteiger partial charge in [0, 0.05) is 0 Å². The molecule has 2 heterocycles. The molecule has 9 heteroatoms. The van der Waals surface area contributed by atoms with Crippen molar-refractivity contribution < 1.29 is 14.6 Å². The average Bonchev–Trinajstić information content (AvgIpc) is 2.95. The van der Waals surface area contributed by atoms with Crippen LogP contribution in [0.4, 0.5) is 5.82 Å². The normalized spacial score (nSPS) is 12.2. The van der Waals surface area contributed by atoms with E-state index in [1.807, 2.05) is 35.8 Å². The third-order valence-electron chi connectivity index (χ3n) is 3.82. The molecule has 2 aromatic heterocycles. The number of imidazole rings is 1. The molecule has 0 aliphatic carbocycles. The highest BCUT2D eigenvalue weighted by atomic mass is 32.2. The number of para-hydroxylation sites is 1. The lowest BCUT2D eigenvalue weighted by Crippen LogP contribution is -2.15. The van der Waals surface area contributed by atoms with Crippen molar-refractivity contribution >= 4 is 34.7 Å². The lowest BCUT2D eigenvalue weighted by Gasteiger charge is -2.12. The van der Waals surface area contributed by atoms with Crippen molar-refractivity contribution in [1.29, 1.82) is 0 Å². The predicted octanol–water partition coefficient (Wildman–Crippen LogP) is 2.36. The van der Waals surface area contributed by atoms with Gasteiger partial charge in [0.05, 0.1) is 6.54 Å². The third-order valence-corrected chi connectivity index (χ3v) is 4.90. The molecule has 3 rings (SSSR count). The number of aromatic nitrogens is 4. The van der Waals surface area contributed by atoms with E-state index in [0.717, 1.165) is 23.1 Å². The van der Waals surface area contributed by atoms with E-state index in [9.17, 15) is 9.90 Å². The van der Waals surface area contributed by atoms with E-state index in [1.54, 1.807) is 6.92 Å². The van der Waals surface area contributed by atoms with Gasteiger partial charge in [-0.25, -0.2) is 15.0 Å². The Hall–Kier alpha value is -2.81. The number of carbonyl (C=O) groups is 1. The van der Waals surface area contributed by atoms with Crippen molar-refractivity contribution in [2.45, 2.75) is 30.8 Å². The second kappa shape index (κ2) is 7.61. The number of hydrogen-bond acceptors (Lipinski definition) is 7. The summed E-state index contributed by atoms with van der Waals surface area (Å²) < 4.78 is 7.66. The molecule has 3 aromatic rings. The Kier molecular flexibility index (Phi) is 5.27. The molecule has 0 unspecified atom stereocenters. The second-order valence-corrected chi connectivity index (χ2v) is 7.00. The van der Waals surface area contributed by atoms with Gasteiger partial charge in [0.25, 0.3) is 0 Å². The molecule has 0 saturated carbocycles. The predicted molar refractivity (Wildman–Crippen MR) is 99.4 cm³/mol. The maximum absolute atomic E-state index is 11.2. The quantitative estimate of drug-likeness (QED) is 0.606. The van der Waals surface area contributed by atoms with Crippen LogP contribution in [0.1, 0.15) is 12.5 Å². The summed E-state index contributed by atoms with van der Waals surface area (Å²) in [7, 11) is 0. The van der Waals surface area contributed by atoms with Gasteiger partial charge in [-0.2, -0.15) is 0 Å². The fourth-order valence-corrected chi connectivity index (χ4v) is 3.27. The average molecular weight is 373 g/mol. The van der Waals surface area contributed by atoms with Gasteiger partial charge in [0.1, 0.15) is 23.9 Å². The largest absolute Gasteiger partial charge is 0.491 e. The standard InChI is InChI=1S/C17H19N5O3S/c1-10-5-3-4-6-12(10)25-8-7-22-15-13(14(18)19-9-20-15)21-17(22)26-11(2)16(23)24/h3-6,9,11H,7-8H2,1-2H3,(H,23,24)(H2,18,19,20)/t11-/m0/s1. The van der Waals surface area contributed by atoms with E-state index >= 15 is 0 Å². The van der Waals surface area contributed by atoms with E-state index in [1.165, 1.54) is 6.33 Å². The van der Waals surface area contributed by atoms with E-state index in [4.69, 9.17) is 10.5 Å². The number of aryl methyl sites for hydroxylation is 1. The maximum atomic E-state index is 11.2. The summed E-state index contributed by atoms with van der Waals surface area (Å²) in [4.78, 5) is 23.8. The van der Waals surface area contributed by atoms with Crippen LogP contribution in [0.25, 0.3) is 11.2 Å². The zero-order chi connectivity index (χ0) is 18.7. The molecule has 0 aliphatic heterocycles. The summed E-state index contributed by atoms with van der Waals surface area (Å²) in [6.07, 6.45) is 1.37. The summed E-state index contributed by atoms with van der Waals surface area (Å²) >= 11 is 1.14. The van der Waals surface area contributed by atoms with Crippen LogP contribution in [0.5, 0.6) is 5.75 Å². The first-order chi connectivity index (χ1) is 12.5. The summed E-state index contributed by atoms with van der Waals surface area (Å²) in [5.41, 5.74) is 7.95. The van der Waals surface area contributed by atoms with Crippen molar-refractivity contribution in [3.05, 3.63) is 36.2 Å². The van der Waals surface area contributed by atoms with Gasteiger partial charge in [0.2, 0.25) is 0 Å². The number of rotatable bonds is 7. The van der Waals surface area contributed by atoms with Gasteiger partial charge in [0.15, 0.2) is 22.1 Å². The number of nitrogens with two attached hydrogens (primary N) is 1. The zero-order valence-corrected chi connectivity index (χ0v) is 15.2. The molecular formula is C17H19N5O3S. The number of nitrogens with zero attached hydrogens (tertiary/aromatic N) is 4. The molecule has 8 nitrogen and oxygen atoms in total. The first-order valence-electron chi connectivity index (χ1n) is 8.02.